The largest absolute Gasteiger partial charge is 0.318 e. The summed E-state index contributed by atoms with van der Waals surface area (Å²) in [6.07, 6.45) is 3.67. The maximum absolute atomic E-state index is 4.85. The molecule has 0 fully saturated rings. The van der Waals surface area contributed by atoms with Crippen molar-refractivity contribution in [2.45, 2.75) is 39.2 Å². The zero-order valence-corrected chi connectivity index (χ0v) is 13.8. The highest BCUT2D eigenvalue weighted by Gasteiger charge is 2.21. The van der Waals surface area contributed by atoms with Crippen molar-refractivity contribution in [3.63, 3.8) is 0 Å². The lowest BCUT2D eigenvalue weighted by atomic mass is 10.1. The number of para-hydroxylation sites is 1. The predicted molar refractivity (Wildman–Crippen MR) is 90.7 cm³/mol. The second kappa shape index (κ2) is 6.16. The fourth-order valence-electron chi connectivity index (χ4n) is 2.93. The summed E-state index contributed by atoms with van der Waals surface area (Å²) in [5, 5.41) is 4.46. The van der Waals surface area contributed by atoms with Gasteiger partial charge in [0.05, 0.1) is 5.69 Å². The van der Waals surface area contributed by atoms with Crippen LogP contribution in [0, 0.1) is 6.92 Å². The molecule has 2 aromatic rings. The third-order valence-corrected chi connectivity index (χ3v) is 5.60. The van der Waals surface area contributed by atoms with E-state index in [0.29, 0.717) is 6.04 Å². The first kappa shape index (κ1) is 14.5. The van der Waals surface area contributed by atoms with Crippen LogP contribution >= 0.6 is 11.3 Å². The average molecular weight is 301 g/mol. The molecule has 1 unspecified atom stereocenters. The quantitative estimate of drug-likeness (QED) is 0.920. The van der Waals surface area contributed by atoms with Crippen LogP contribution in [-0.2, 0) is 6.42 Å². The number of anilines is 2. The molecule has 1 aliphatic rings. The average Bonchev–Trinajstić information content (AvgIpc) is 2.76. The first-order valence-corrected chi connectivity index (χ1v) is 8.52. The molecule has 0 radical (unpaired) electrons. The van der Waals surface area contributed by atoms with E-state index >= 15 is 0 Å². The number of rotatable bonds is 3. The monoisotopic (exact) mass is 301 g/mol. The van der Waals surface area contributed by atoms with Crippen molar-refractivity contribution in [3.8, 4) is 0 Å². The smallest absolute Gasteiger partial charge is 0.190 e. The summed E-state index contributed by atoms with van der Waals surface area (Å²) in [5.74, 6) is 0. The SMILES string of the molecule is CNC(C)c1sc(N2CCCCc3ccccc32)nc1C. The van der Waals surface area contributed by atoms with Gasteiger partial charge in [0.15, 0.2) is 5.13 Å². The van der Waals surface area contributed by atoms with Crippen molar-refractivity contribution >= 4 is 22.2 Å². The maximum atomic E-state index is 4.85. The molecule has 0 saturated carbocycles. The third-order valence-electron chi connectivity index (χ3n) is 4.24. The van der Waals surface area contributed by atoms with Gasteiger partial charge in [0.2, 0.25) is 0 Å². The van der Waals surface area contributed by atoms with Crippen LogP contribution in [0.2, 0.25) is 0 Å². The molecule has 1 aromatic heterocycles. The van der Waals surface area contributed by atoms with Gasteiger partial charge in [-0.05, 0) is 51.8 Å². The second-order valence-corrected chi connectivity index (χ2v) is 6.70. The van der Waals surface area contributed by atoms with E-state index < -0.39 is 0 Å². The Bertz CT molecular complexity index is 620. The van der Waals surface area contributed by atoms with Crippen LogP contribution in [0.3, 0.4) is 0 Å². The number of thiazole rings is 1. The molecule has 21 heavy (non-hydrogen) atoms. The summed E-state index contributed by atoms with van der Waals surface area (Å²) < 4.78 is 0. The van der Waals surface area contributed by atoms with Gasteiger partial charge in [-0.3, -0.25) is 0 Å². The Morgan fingerprint density at radius 3 is 2.90 bits per heavy atom. The molecule has 4 heteroatoms. The van der Waals surface area contributed by atoms with Gasteiger partial charge in [0.25, 0.3) is 0 Å². The minimum absolute atomic E-state index is 0.360. The normalized spacial score (nSPS) is 16.4. The third kappa shape index (κ3) is 2.83. The van der Waals surface area contributed by atoms with E-state index in [0.717, 1.165) is 17.4 Å². The molecule has 112 valence electrons. The summed E-state index contributed by atoms with van der Waals surface area (Å²) in [5.41, 5.74) is 3.94. The van der Waals surface area contributed by atoms with Gasteiger partial charge >= 0.3 is 0 Å². The molecule has 1 atom stereocenters. The number of aryl methyl sites for hydroxylation is 2. The standard InChI is InChI=1S/C17H23N3S/c1-12(18-3)16-13(2)19-17(21-16)20-11-7-6-9-14-8-4-5-10-15(14)20/h4-5,8,10,12,18H,6-7,9,11H2,1-3H3. The summed E-state index contributed by atoms with van der Waals surface area (Å²) in [6, 6.07) is 9.13. The number of hydrogen-bond acceptors (Lipinski definition) is 4. The van der Waals surface area contributed by atoms with Crippen LogP contribution in [0.5, 0.6) is 0 Å². The van der Waals surface area contributed by atoms with Crippen LogP contribution in [-0.4, -0.2) is 18.6 Å². The van der Waals surface area contributed by atoms with Crippen molar-refractivity contribution < 1.29 is 0 Å². The Balaban J connectivity index is 2.00. The van der Waals surface area contributed by atoms with E-state index in [4.69, 9.17) is 4.98 Å². The molecule has 1 aliphatic heterocycles. The number of hydrogen-bond donors (Lipinski definition) is 1. The zero-order chi connectivity index (χ0) is 14.8. The summed E-state index contributed by atoms with van der Waals surface area (Å²) in [6.45, 7) is 5.38. The molecular weight excluding hydrogens is 278 g/mol. The molecular formula is C17H23N3S. The summed E-state index contributed by atoms with van der Waals surface area (Å²) in [7, 11) is 2.00. The van der Waals surface area contributed by atoms with E-state index in [1.807, 2.05) is 18.4 Å². The van der Waals surface area contributed by atoms with E-state index in [1.165, 1.54) is 35.4 Å². The number of benzene rings is 1. The first-order chi connectivity index (χ1) is 10.2. The van der Waals surface area contributed by atoms with Gasteiger partial charge in [0, 0.05) is 23.2 Å². The van der Waals surface area contributed by atoms with E-state index in [1.54, 1.807) is 0 Å². The molecule has 0 aliphatic carbocycles. The second-order valence-electron chi connectivity index (χ2n) is 5.69. The highest BCUT2D eigenvalue weighted by atomic mass is 32.1. The summed E-state index contributed by atoms with van der Waals surface area (Å²) >= 11 is 1.82. The Labute approximate surface area is 131 Å². The highest BCUT2D eigenvalue weighted by Crippen LogP contribution is 2.37. The Hall–Kier alpha value is -1.39. The van der Waals surface area contributed by atoms with Crippen molar-refractivity contribution in [1.29, 1.82) is 0 Å². The fourth-order valence-corrected chi connectivity index (χ4v) is 4.10. The summed E-state index contributed by atoms with van der Waals surface area (Å²) in [4.78, 5) is 8.60. The van der Waals surface area contributed by atoms with Crippen molar-refractivity contribution in [3.05, 3.63) is 40.4 Å². The van der Waals surface area contributed by atoms with Crippen molar-refractivity contribution in [1.82, 2.24) is 10.3 Å². The predicted octanol–water partition coefficient (Wildman–Crippen LogP) is 4.21. The molecule has 0 spiro atoms. The molecule has 0 bridgehead atoms. The minimum Gasteiger partial charge on any atom is -0.318 e. The van der Waals surface area contributed by atoms with Crippen molar-refractivity contribution in [2.75, 3.05) is 18.5 Å². The van der Waals surface area contributed by atoms with Gasteiger partial charge < -0.3 is 10.2 Å². The van der Waals surface area contributed by atoms with Crippen LogP contribution in [0.1, 0.15) is 41.9 Å². The fraction of sp³-hybridized carbons (Fsp3) is 0.471. The number of fused-ring (bicyclic) bond motifs is 1. The highest BCUT2D eigenvalue weighted by molar-refractivity contribution is 7.15. The zero-order valence-electron chi connectivity index (χ0n) is 13.0. The lowest BCUT2D eigenvalue weighted by Gasteiger charge is -2.21. The Kier molecular flexibility index (Phi) is 4.27. The van der Waals surface area contributed by atoms with Crippen molar-refractivity contribution in [2.24, 2.45) is 0 Å². The molecule has 0 amide bonds. The molecule has 1 N–H and O–H groups in total. The topological polar surface area (TPSA) is 28.2 Å². The van der Waals surface area contributed by atoms with Crippen LogP contribution in [0.25, 0.3) is 0 Å². The van der Waals surface area contributed by atoms with E-state index in [2.05, 4.69) is 48.3 Å². The number of aromatic nitrogens is 1. The minimum atomic E-state index is 0.360. The molecule has 0 saturated heterocycles. The van der Waals surface area contributed by atoms with Gasteiger partial charge in [-0.2, -0.15) is 0 Å². The lowest BCUT2D eigenvalue weighted by Crippen LogP contribution is -2.17. The molecule has 2 heterocycles. The van der Waals surface area contributed by atoms with Gasteiger partial charge in [0.1, 0.15) is 0 Å². The number of nitrogens with zero attached hydrogens (tertiary/aromatic N) is 2. The van der Waals surface area contributed by atoms with Crippen LogP contribution in [0.15, 0.2) is 24.3 Å². The van der Waals surface area contributed by atoms with Crippen LogP contribution in [0.4, 0.5) is 10.8 Å². The van der Waals surface area contributed by atoms with E-state index in [9.17, 15) is 0 Å². The van der Waals surface area contributed by atoms with Gasteiger partial charge in [-0.15, -0.1) is 0 Å². The Morgan fingerprint density at radius 1 is 1.29 bits per heavy atom. The first-order valence-electron chi connectivity index (χ1n) is 7.70. The maximum Gasteiger partial charge on any atom is 0.190 e. The van der Waals surface area contributed by atoms with Gasteiger partial charge in [-0.1, -0.05) is 29.5 Å². The van der Waals surface area contributed by atoms with Crippen LogP contribution < -0.4 is 10.2 Å². The molecule has 1 aromatic carbocycles. The number of nitrogens with one attached hydrogen (secondary N) is 1. The van der Waals surface area contributed by atoms with Gasteiger partial charge in [-0.25, -0.2) is 4.98 Å². The van der Waals surface area contributed by atoms with E-state index in [-0.39, 0.29) is 0 Å². The Morgan fingerprint density at radius 2 is 2.10 bits per heavy atom. The lowest BCUT2D eigenvalue weighted by molar-refractivity contribution is 0.658. The molecule has 3 rings (SSSR count). The molecule has 3 nitrogen and oxygen atoms in total.